The summed E-state index contributed by atoms with van der Waals surface area (Å²) in [5, 5.41) is 15.1. The van der Waals surface area contributed by atoms with Crippen molar-refractivity contribution in [3.63, 3.8) is 0 Å². The highest BCUT2D eigenvalue weighted by molar-refractivity contribution is 6.24. The summed E-state index contributed by atoms with van der Waals surface area (Å²) in [4.78, 5) is 12.3. The lowest BCUT2D eigenvalue weighted by atomic mass is 9.41. The van der Waals surface area contributed by atoms with E-state index < -0.39 is 11.0 Å². The van der Waals surface area contributed by atoms with Gasteiger partial charge in [-0.3, -0.25) is 4.79 Å². The predicted octanol–water partition coefficient (Wildman–Crippen LogP) is 4.58. The smallest absolute Gasteiger partial charge is 0.220 e. The molecule has 2 unspecified atom stereocenters. The summed E-state index contributed by atoms with van der Waals surface area (Å²) in [6, 6.07) is 10.00. The molecule has 0 aliphatic heterocycles. The van der Waals surface area contributed by atoms with Crippen LogP contribution in [0, 0.1) is 17.3 Å². The van der Waals surface area contributed by atoms with E-state index >= 15 is 0 Å². The van der Waals surface area contributed by atoms with Crippen LogP contribution in [0.3, 0.4) is 0 Å². The van der Waals surface area contributed by atoms with Gasteiger partial charge in [-0.25, -0.2) is 0 Å². The van der Waals surface area contributed by atoms with Crippen molar-refractivity contribution in [2.75, 3.05) is 0 Å². The van der Waals surface area contributed by atoms with Crippen molar-refractivity contribution in [3.05, 3.63) is 35.9 Å². The number of carbonyl (C=O) groups is 1. The van der Waals surface area contributed by atoms with Crippen molar-refractivity contribution < 1.29 is 9.90 Å². The molecular weight excluding hydrogens is 346 g/mol. The molecular formula is C22H30ClNO2. The van der Waals surface area contributed by atoms with Gasteiger partial charge in [0.05, 0.1) is 11.6 Å². The van der Waals surface area contributed by atoms with Gasteiger partial charge < -0.3 is 10.4 Å². The quantitative estimate of drug-likeness (QED) is 0.740. The van der Waals surface area contributed by atoms with Crippen LogP contribution in [0.4, 0.5) is 0 Å². The summed E-state index contributed by atoms with van der Waals surface area (Å²) in [7, 11) is 0. The summed E-state index contributed by atoms with van der Waals surface area (Å²) in [5.41, 5.74) is -0.129. The van der Waals surface area contributed by atoms with Crippen molar-refractivity contribution in [2.45, 2.75) is 75.3 Å². The summed E-state index contributed by atoms with van der Waals surface area (Å²) in [6.07, 6.45) is 5.87. The summed E-state index contributed by atoms with van der Waals surface area (Å²) < 4.78 is 0. The zero-order valence-corrected chi connectivity index (χ0v) is 16.6. The first-order valence-electron chi connectivity index (χ1n) is 10.1. The van der Waals surface area contributed by atoms with Crippen LogP contribution < -0.4 is 5.32 Å². The topological polar surface area (TPSA) is 49.3 Å². The van der Waals surface area contributed by atoms with Crippen LogP contribution in [0.1, 0.15) is 70.4 Å². The van der Waals surface area contributed by atoms with Gasteiger partial charge in [0.15, 0.2) is 0 Å². The van der Waals surface area contributed by atoms with E-state index in [9.17, 15) is 9.90 Å². The SMILES string of the molecule is CCCC(=O)N[C@@H](c1ccccc1)[C@@]1(C)C2CC3C[C@](Cl)(C2)C[C@@]1(O)C3. The molecule has 4 aliphatic rings. The fourth-order valence-electron chi connectivity index (χ4n) is 6.42. The summed E-state index contributed by atoms with van der Waals surface area (Å²) in [6.45, 7) is 4.21. The molecule has 0 saturated heterocycles. The van der Waals surface area contributed by atoms with Crippen molar-refractivity contribution in [3.8, 4) is 0 Å². The van der Waals surface area contributed by atoms with Gasteiger partial charge in [-0.15, -0.1) is 11.6 Å². The maximum atomic E-state index is 12.6. The Balaban J connectivity index is 1.76. The lowest BCUT2D eigenvalue weighted by Gasteiger charge is -2.68. The Labute approximate surface area is 161 Å². The third kappa shape index (κ3) is 2.70. The number of alkyl halides is 1. The molecule has 4 bridgehead atoms. The second-order valence-electron chi connectivity index (χ2n) is 9.21. The van der Waals surface area contributed by atoms with Crippen LogP contribution in [0.25, 0.3) is 0 Å². The van der Waals surface area contributed by atoms with Crippen molar-refractivity contribution in [1.29, 1.82) is 0 Å². The number of benzene rings is 1. The molecule has 0 radical (unpaired) electrons. The van der Waals surface area contributed by atoms with E-state index in [1.54, 1.807) is 0 Å². The Hall–Kier alpha value is -1.06. The third-order valence-electron chi connectivity index (χ3n) is 7.49. The second kappa shape index (κ2) is 6.24. The second-order valence-corrected chi connectivity index (χ2v) is 10.0. The molecule has 1 amide bonds. The number of nitrogens with one attached hydrogen (secondary N) is 1. The molecule has 2 N–H and O–H groups in total. The van der Waals surface area contributed by atoms with E-state index in [2.05, 4.69) is 24.4 Å². The van der Waals surface area contributed by atoms with Gasteiger partial charge in [-0.05, 0) is 55.9 Å². The number of hydrogen-bond acceptors (Lipinski definition) is 2. The molecule has 142 valence electrons. The van der Waals surface area contributed by atoms with Crippen molar-refractivity contribution in [2.24, 2.45) is 17.3 Å². The molecule has 1 aromatic rings. The molecule has 0 aromatic heterocycles. The summed E-state index contributed by atoms with van der Waals surface area (Å²) in [5.74, 6) is 0.916. The summed E-state index contributed by atoms with van der Waals surface area (Å²) >= 11 is 6.91. The molecule has 5 rings (SSSR count). The maximum Gasteiger partial charge on any atom is 0.220 e. The van der Waals surface area contributed by atoms with E-state index in [1.165, 1.54) is 0 Å². The van der Waals surface area contributed by atoms with Gasteiger partial charge in [0.2, 0.25) is 5.91 Å². The van der Waals surface area contributed by atoms with Crippen molar-refractivity contribution >= 4 is 17.5 Å². The number of aliphatic hydroxyl groups is 1. The molecule has 4 saturated carbocycles. The number of rotatable bonds is 5. The minimum Gasteiger partial charge on any atom is -0.389 e. The zero-order chi connectivity index (χ0) is 18.6. The van der Waals surface area contributed by atoms with E-state index in [-0.39, 0.29) is 16.8 Å². The number of amides is 1. The van der Waals surface area contributed by atoms with Crippen LogP contribution in [-0.2, 0) is 4.79 Å². The monoisotopic (exact) mass is 375 g/mol. The molecule has 4 fully saturated rings. The Morgan fingerprint density at radius 1 is 1.31 bits per heavy atom. The largest absolute Gasteiger partial charge is 0.389 e. The number of hydrogen-bond donors (Lipinski definition) is 2. The third-order valence-corrected chi connectivity index (χ3v) is 7.93. The Morgan fingerprint density at radius 2 is 2.04 bits per heavy atom. The van der Waals surface area contributed by atoms with E-state index in [0.29, 0.717) is 24.7 Å². The fraction of sp³-hybridized carbons (Fsp3) is 0.682. The fourth-order valence-corrected chi connectivity index (χ4v) is 7.05. The molecule has 3 nitrogen and oxygen atoms in total. The van der Waals surface area contributed by atoms with Crippen LogP contribution in [0.15, 0.2) is 30.3 Å². The molecule has 0 spiro atoms. The maximum absolute atomic E-state index is 12.6. The number of carbonyl (C=O) groups excluding carboxylic acids is 1. The van der Waals surface area contributed by atoms with Gasteiger partial charge in [-0.2, -0.15) is 0 Å². The normalized spacial score (nSPS) is 41.8. The lowest BCUT2D eigenvalue weighted by molar-refractivity contribution is -0.227. The Morgan fingerprint density at radius 3 is 2.65 bits per heavy atom. The van der Waals surface area contributed by atoms with Crippen molar-refractivity contribution in [1.82, 2.24) is 5.32 Å². The van der Waals surface area contributed by atoms with Crippen LogP contribution in [0.5, 0.6) is 0 Å². The van der Waals surface area contributed by atoms with Gasteiger partial charge in [0.1, 0.15) is 0 Å². The first kappa shape index (κ1) is 18.3. The minimum atomic E-state index is -0.821. The van der Waals surface area contributed by atoms with Gasteiger partial charge in [0, 0.05) is 16.7 Å². The zero-order valence-electron chi connectivity index (χ0n) is 15.8. The molecule has 0 heterocycles. The van der Waals surface area contributed by atoms with E-state index in [4.69, 9.17) is 11.6 Å². The molecule has 6 atom stereocenters. The van der Waals surface area contributed by atoms with Crippen LogP contribution in [0.2, 0.25) is 0 Å². The molecule has 26 heavy (non-hydrogen) atoms. The van der Waals surface area contributed by atoms with Gasteiger partial charge in [0.25, 0.3) is 0 Å². The van der Waals surface area contributed by atoms with Gasteiger partial charge in [-0.1, -0.05) is 44.2 Å². The Kier molecular flexibility index (Phi) is 4.39. The highest BCUT2D eigenvalue weighted by Crippen LogP contribution is 2.70. The minimum absolute atomic E-state index is 0.0700. The van der Waals surface area contributed by atoms with E-state index in [0.717, 1.165) is 37.7 Å². The first-order chi connectivity index (χ1) is 12.3. The predicted molar refractivity (Wildman–Crippen MR) is 104 cm³/mol. The number of halogens is 1. The highest BCUT2D eigenvalue weighted by atomic mass is 35.5. The lowest BCUT2D eigenvalue weighted by Crippen LogP contribution is -2.70. The standard InChI is InChI=1S/C22H30ClNO2/c1-3-7-18(25)24-19(16-8-5-4-6-9-16)20(2)17-10-15-11-21(23,13-17)14-22(20,26)12-15/h4-6,8-9,15,17,19,26H,3,7,10-14H2,1-2H3,(H,24,25)/t15?,17?,19-,20+,21-,22-/m0/s1. The first-order valence-corrected chi connectivity index (χ1v) is 10.4. The highest BCUT2D eigenvalue weighted by Gasteiger charge is 2.69. The van der Waals surface area contributed by atoms with E-state index in [1.807, 2.05) is 25.1 Å². The molecule has 4 heteroatoms. The van der Waals surface area contributed by atoms with Gasteiger partial charge >= 0.3 is 0 Å². The van der Waals surface area contributed by atoms with Crippen LogP contribution in [-0.4, -0.2) is 21.5 Å². The molecule has 4 aliphatic carbocycles. The van der Waals surface area contributed by atoms with Crippen LogP contribution >= 0.6 is 11.6 Å². The average molecular weight is 376 g/mol. The average Bonchev–Trinajstić information content (AvgIpc) is 2.57. The molecule has 1 aromatic carbocycles. The Bertz CT molecular complexity index is 695.